The number of ketones is 1. The van der Waals surface area contributed by atoms with Gasteiger partial charge in [0.05, 0.1) is 13.1 Å². The molecule has 0 aromatic heterocycles. The number of fused-ring (bicyclic) bond motifs is 2. The summed E-state index contributed by atoms with van der Waals surface area (Å²) in [5, 5.41) is 22.2. The van der Waals surface area contributed by atoms with Gasteiger partial charge < -0.3 is 29.2 Å². The molecule has 0 aliphatic carbocycles. The first-order chi connectivity index (χ1) is 15.8. The van der Waals surface area contributed by atoms with Gasteiger partial charge in [0.1, 0.15) is 22.8 Å². The van der Waals surface area contributed by atoms with Crippen molar-refractivity contribution in [1.82, 2.24) is 0 Å². The van der Waals surface area contributed by atoms with E-state index in [9.17, 15) is 24.6 Å². The molecule has 8 nitrogen and oxygen atoms in total. The van der Waals surface area contributed by atoms with Gasteiger partial charge in [0.2, 0.25) is 0 Å². The SMILES string of the molecule is CCCCCc1c2c(cc(O)c1C(=O)[O-])OC(=O)c1c(cc(OC)cc1C(=O)CCCC)O2.[Na+]. The van der Waals surface area contributed by atoms with Crippen LogP contribution in [0.2, 0.25) is 0 Å². The van der Waals surface area contributed by atoms with Crippen LogP contribution in [0.1, 0.15) is 89.0 Å². The molecule has 2 aromatic carbocycles. The molecule has 1 N–H and O–H groups in total. The van der Waals surface area contributed by atoms with Crippen molar-refractivity contribution in [3.63, 3.8) is 0 Å². The fourth-order valence-corrected chi connectivity index (χ4v) is 3.84. The number of rotatable bonds is 10. The van der Waals surface area contributed by atoms with Crippen molar-refractivity contribution in [2.45, 2.75) is 58.8 Å². The van der Waals surface area contributed by atoms with Crippen molar-refractivity contribution in [1.29, 1.82) is 0 Å². The van der Waals surface area contributed by atoms with Gasteiger partial charge in [0.25, 0.3) is 0 Å². The second-order valence-electron chi connectivity index (χ2n) is 7.89. The van der Waals surface area contributed by atoms with Crippen LogP contribution < -0.4 is 48.9 Å². The first-order valence-electron chi connectivity index (χ1n) is 11.1. The number of esters is 1. The Kier molecular flexibility index (Phi) is 9.97. The molecule has 0 saturated heterocycles. The minimum Gasteiger partial charge on any atom is -0.545 e. The molecule has 1 aliphatic heterocycles. The third-order valence-corrected chi connectivity index (χ3v) is 5.55. The molecule has 1 heterocycles. The zero-order valence-electron chi connectivity index (χ0n) is 20.0. The zero-order valence-corrected chi connectivity index (χ0v) is 22.0. The molecule has 0 amide bonds. The number of carboxylic acids is 1. The number of ether oxygens (including phenoxy) is 3. The minimum atomic E-state index is -1.57. The van der Waals surface area contributed by atoms with Crippen LogP contribution in [0.25, 0.3) is 0 Å². The van der Waals surface area contributed by atoms with Gasteiger partial charge in [-0.1, -0.05) is 33.1 Å². The summed E-state index contributed by atoms with van der Waals surface area (Å²) in [4.78, 5) is 37.7. The summed E-state index contributed by atoms with van der Waals surface area (Å²) in [7, 11) is 1.42. The average Bonchev–Trinajstić information content (AvgIpc) is 2.92. The zero-order chi connectivity index (χ0) is 24.1. The number of aromatic hydroxyl groups is 1. The monoisotopic (exact) mass is 478 g/mol. The fourth-order valence-electron chi connectivity index (χ4n) is 3.84. The van der Waals surface area contributed by atoms with Crippen LogP contribution in [0.4, 0.5) is 0 Å². The predicted octanol–water partition coefficient (Wildman–Crippen LogP) is 1.20. The summed E-state index contributed by atoms with van der Waals surface area (Å²) in [6.45, 7) is 3.95. The average molecular weight is 478 g/mol. The second-order valence-corrected chi connectivity index (χ2v) is 7.89. The number of unbranched alkanes of at least 4 members (excludes halogenated alkanes) is 3. The van der Waals surface area contributed by atoms with E-state index in [2.05, 4.69) is 0 Å². The van der Waals surface area contributed by atoms with E-state index >= 15 is 0 Å². The summed E-state index contributed by atoms with van der Waals surface area (Å²) < 4.78 is 16.8. The summed E-state index contributed by atoms with van der Waals surface area (Å²) in [6, 6.07) is 3.93. The number of methoxy groups -OCH3 is 1. The van der Waals surface area contributed by atoms with Crippen LogP contribution in [0.5, 0.6) is 28.7 Å². The Balaban J connectivity index is 0.00000408. The maximum Gasteiger partial charge on any atom is 1.00 e. The molecule has 9 heteroatoms. The van der Waals surface area contributed by atoms with Crippen LogP contribution in [-0.4, -0.2) is 29.9 Å². The Morgan fingerprint density at radius 3 is 2.35 bits per heavy atom. The van der Waals surface area contributed by atoms with E-state index < -0.39 is 23.3 Å². The van der Waals surface area contributed by atoms with Gasteiger partial charge in [-0.15, -0.1) is 0 Å². The van der Waals surface area contributed by atoms with Gasteiger partial charge in [-0.3, -0.25) is 4.79 Å². The maximum absolute atomic E-state index is 13.1. The number of hydrogen-bond donors (Lipinski definition) is 1. The summed E-state index contributed by atoms with van der Waals surface area (Å²) in [6.07, 6.45) is 4.26. The van der Waals surface area contributed by atoms with Crippen LogP contribution in [0.3, 0.4) is 0 Å². The van der Waals surface area contributed by atoms with Crippen LogP contribution in [-0.2, 0) is 6.42 Å². The van der Waals surface area contributed by atoms with Gasteiger partial charge in [-0.25, -0.2) is 4.79 Å². The molecule has 34 heavy (non-hydrogen) atoms. The molecule has 1 aliphatic rings. The molecule has 176 valence electrons. The first kappa shape index (κ1) is 27.7. The number of phenols is 1. The molecule has 3 rings (SSSR count). The molecule has 0 spiro atoms. The molecular formula is C25H27NaO8. The second kappa shape index (κ2) is 12.2. The normalized spacial score (nSPS) is 11.8. The predicted molar refractivity (Wildman–Crippen MR) is 118 cm³/mol. The van der Waals surface area contributed by atoms with Gasteiger partial charge in [0, 0.05) is 35.2 Å². The summed E-state index contributed by atoms with van der Waals surface area (Å²) in [5.41, 5.74) is -0.207. The summed E-state index contributed by atoms with van der Waals surface area (Å²) in [5.74, 6) is -3.07. The Morgan fingerprint density at radius 2 is 1.74 bits per heavy atom. The number of aromatic carboxylic acids is 1. The smallest absolute Gasteiger partial charge is 0.545 e. The molecule has 2 aromatic rings. The van der Waals surface area contributed by atoms with Crippen molar-refractivity contribution in [2.24, 2.45) is 0 Å². The van der Waals surface area contributed by atoms with Crippen LogP contribution >= 0.6 is 0 Å². The maximum atomic E-state index is 13.1. The van der Waals surface area contributed by atoms with E-state index in [0.29, 0.717) is 18.6 Å². The van der Waals surface area contributed by atoms with Crippen LogP contribution in [0.15, 0.2) is 18.2 Å². The largest absolute Gasteiger partial charge is 1.00 e. The Hall–Kier alpha value is -2.55. The number of carbonyl (C=O) groups excluding carboxylic acids is 3. The van der Waals surface area contributed by atoms with E-state index in [1.165, 1.54) is 19.2 Å². The molecule has 0 fully saturated rings. The van der Waals surface area contributed by atoms with Gasteiger partial charge in [0.15, 0.2) is 17.3 Å². The third-order valence-electron chi connectivity index (χ3n) is 5.55. The molecule has 0 atom stereocenters. The van der Waals surface area contributed by atoms with Gasteiger partial charge >= 0.3 is 35.5 Å². The van der Waals surface area contributed by atoms with E-state index in [1.807, 2.05) is 13.8 Å². The van der Waals surface area contributed by atoms with Crippen molar-refractivity contribution < 1.29 is 68.4 Å². The molecule has 0 radical (unpaired) electrons. The number of Topliss-reactive ketones (excluding diaryl/α,β-unsaturated/α-hetero) is 1. The third kappa shape index (κ3) is 5.74. The topological polar surface area (TPSA) is 122 Å². The Bertz CT molecular complexity index is 1090. The Morgan fingerprint density at radius 1 is 1.03 bits per heavy atom. The van der Waals surface area contributed by atoms with E-state index in [1.54, 1.807) is 0 Å². The van der Waals surface area contributed by atoms with Crippen LogP contribution in [0, 0.1) is 0 Å². The quantitative estimate of drug-likeness (QED) is 0.178. The number of benzene rings is 2. The van der Waals surface area contributed by atoms with E-state index in [0.717, 1.165) is 25.3 Å². The molecule has 0 bridgehead atoms. The standard InChI is InChI=1S/C25H28O8.Na/c1-4-6-8-9-15-21(24(28)29)18(27)13-20-23(15)32-19-12-14(31-3)11-16(17(26)10-7-5-2)22(19)25(30)33-20;/h11-13,27H,4-10H2,1-3H3,(H,28,29);/q;+1/p-1. The van der Waals surface area contributed by atoms with Gasteiger partial charge in [-0.2, -0.15) is 0 Å². The van der Waals surface area contributed by atoms with Crippen molar-refractivity contribution in [3.05, 3.63) is 40.5 Å². The first-order valence-corrected chi connectivity index (χ1v) is 11.1. The molecular weight excluding hydrogens is 451 g/mol. The van der Waals surface area contributed by atoms with E-state index in [4.69, 9.17) is 14.2 Å². The van der Waals surface area contributed by atoms with Crippen molar-refractivity contribution in [3.8, 4) is 28.7 Å². The van der Waals surface area contributed by atoms with E-state index in [-0.39, 0.29) is 82.1 Å². The number of carboxylic acid groups (broad SMARTS) is 1. The van der Waals surface area contributed by atoms with Crippen molar-refractivity contribution in [2.75, 3.05) is 7.11 Å². The van der Waals surface area contributed by atoms with Crippen molar-refractivity contribution >= 4 is 17.7 Å². The van der Waals surface area contributed by atoms with Gasteiger partial charge in [-0.05, 0) is 25.3 Å². The summed E-state index contributed by atoms with van der Waals surface area (Å²) >= 11 is 0. The number of hydrogen-bond acceptors (Lipinski definition) is 8. The fraction of sp³-hybridized carbons (Fsp3) is 0.400. The molecule has 0 unspecified atom stereocenters. The molecule has 0 saturated carbocycles. The number of carbonyl (C=O) groups is 3. The minimum absolute atomic E-state index is 0. The Labute approximate surface area is 220 Å².